The zero-order valence-corrected chi connectivity index (χ0v) is 14.5. The first kappa shape index (κ1) is 17.5. The van der Waals surface area contributed by atoms with Crippen LogP contribution in [-0.4, -0.2) is 17.4 Å². The lowest BCUT2D eigenvalue weighted by molar-refractivity contribution is -0.384. The number of halogens is 3. The van der Waals surface area contributed by atoms with Gasteiger partial charge >= 0.3 is 0 Å². The number of carbonyl (C=O) groups excluding carboxylic acids is 1. The maximum absolute atomic E-state index is 11.9. The predicted octanol–water partition coefficient (Wildman–Crippen LogP) is 4.68. The third-order valence-corrected chi connectivity index (χ3v) is 3.91. The molecule has 0 aliphatic rings. The van der Waals surface area contributed by atoms with Crippen LogP contribution in [0.5, 0.6) is 5.75 Å². The van der Waals surface area contributed by atoms with Gasteiger partial charge < -0.3 is 10.1 Å². The number of nitrogens with zero attached hydrogens (tertiary/aromatic N) is 1. The lowest BCUT2D eigenvalue weighted by atomic mass is 10.3. The van der Waals surface area contributed by atoms with Crippen molar-refractivity contribution in [2.24, 2.45) is 0 Å². The number of anilines is 1. The number of nitro benzene ring substituents is 1. The maximum atomic E-state index is 11.9. The van der Waals surface area contributed by atoms with Crippen molar-refractivity contribution in [1.82, 2.24) is 0 Å². The molecule has 2 aromatic carbocycles. The molecular formula is C14H9BrCl2N2O4. The fourth-order valence-electron chi connectivity index (χ4n) is 1.64. The summed E-state index contributed by atoms with van der Waals surface area (Å²) >= 11 is 14.9. The van der Waals surface area contributed by atoms with Crippen molar-refractivity contribution in [1.29, 1.82) is 0 Å². The van der Waals surface area contributed by atoms with E-state index in [-0.39, 0.29) is 23.0 Å². The molecule has 0 saturated heterocycles. The van der Waals surface area contributed by atoms with Crippen LogP contribution < -0.4 is 10.1 Å². The summed E-state index contributed by atoms with van der Waals surface area (Å²) in [6, 6.07) is 8.66. The van der Waals surface area contributed by atoms with Crippen molar-refractivity contribution in [2.75, 3.05) is 11.9 Å². The molecule has 23 heavy (non-hydrogen) atoms. The molecule has 0 bridgehead atoms. The molecule has 0 spiro atoms. The first-order valence-electron chi connectivity index (χ1n) is 6.18. The number of rotatable bonds is 5. The van der Waals surface area contributed by atoms with Crippen molar-refractivity contribution in [2.45, 2.75) is 0 Å². The first-order valence-corrected chi connectivity index (χ1v) is 7.73. The number of amides is 1. The van der Waals surface area contributed by atoms with E-state index in [1.165, 1.54) is 24.3 Å². The van der Waals surface area contributed by atoms with Gasteiger partial charge in [-0.2, -0.15) is 0 Å². The Kier molecular flexibility index (Phi) is 5.81. The van der Waals surface area contributed by atoms with E-state index in [2.05, 4.69) is 21.2 Å². The highest BCUT2D eigenvalue weighted by atomic mass is 79.9. The molecule has 1 amide bonds. The lowest BCUT2D eigenvalue weighted by Gasteiger charge is -2.10. The highest BCUT2D eigenvalue weighted by molar-refractivity contribution is 9.10. The summed E-state index contributed by atoms with van der Waals surface area (Å²) < 4.78 is 5.81. The smallest absolute Gasteiger partial charge is 0.271 e. The molecule has 6 nitrogen and oxygen atoms in total. The Hall–Kier alpha value is -1.83. The molecule has 0 heterocycles. The molecule has 0 aliphatic heterocycles. The summed E-state index contributed by atoms with van der Waals surface area (Å²) in [6.07, 6.45) is 0. The number of benzene rings is 2. The number of ether oxygens (including phenoxy) is 1. The van der Waals surface area contributed by atoms with Crippen LogP contribution >= 0.6 is 39.1 Å². The summed E-state index contributed by atoms with van der Waals surface area (Å²) in [5, 5.41) is 14.0. The Morgan fingerprint density at radius 2 is 2.00 bits per heavy atom. The summed E-state index contributed by atoms with van der Waals surface area (Å²) in [5.74, 6) is -0.179. The molecule has 120 valence electrons. The molecule has 0 atom stereocenters. The van der Waals surface area contributed by atoms with Gasteiger partial charge in [0.05, 0.1) is 15.6 Å². The third-order valence-electron chi connectivity index (χ3n) is 2.69. The van der Waals surface area contributed by atoms with Crippen LogP contribution in [0.25, 0.3) is 0 Å². The Bertz CT molecular complexity index is 770. The zero-order valence-electron chi connectivity index (χ0n) is 11.4. The molecule has 0 aromatic heterocycles. The molecule has 1 N–H and O–H groups in total. The summed E-state index contributed by atoms with van der Waals surface area (Å²) in [4.78, 5) is 22.1. The van der Waals surface area contributed by atoms with Crippen molar-refractivity contribution < 1.29 is 14.5 Å². The van der Waals surface area contributed by atoms with E-state index >= 15 is 0 Å². The van der Waals surface area contributed by atoms with Crippen molar-refractivity contribution in [3.8, 4) is 5.75 Å². The zero-order chi connectivity index (χ0) is 17.0. The van der Waals surface area contributed by atoms with E-state index in [9.17, 15) is 14.9 Å². The van der Waals surface area contributed by atoms with Gasteiger partial charge in [-0.15, -0.1) is 0 Å². The average Bonchev–Trinajstić information content (AvgIpc) is 2.48. The predicted molar refractivity (Wildman–Crippen MR) is 91.4 cm³/mol. The molecule has 0 radical (unpaired) electrons. The number of hydrogen-bond donors (Lipinski definition) is 1. The number of non-ortho nitro benzene ring substituents is 1. The van der Waals surface area contributed by atoms with Crippen LogP contribution in [0.1, 0.15) is 0 Å². The number of carbonyl (C=O) groups is 1. The molecule has 2 aromatic rings. The van der Waals surface area contributed by atoms with Gasteiger partial charge in [-0.1, -0.05) is 23.2 Å². The van der Waals surface area contributed by atoms with Crippen molar-refractivity contribution >= 4 is 56.4 Å². The van der Waals surface area contributed by atoms with Crippen molar-refractivity contribution in [3.63, 3.8) is 0 Å². The highest BCUT2D eigenvalue weighted by Gasteiger charge is 2.13. The molecule has 9 heteroatoms. The van der Waals surface area contributed by atoms with Crippen LogP contribution in [0.2, 0.25) is 10.0 Å². The third kappa shape index (κ3) is 4.82. The Labute approximate surface area is 149 Å². The second kappa shape index (κ2) is 7.63. The monoisotopic (exact) mass is 418 g/mol. The lowest BCUT2D eigenvalue weighted by Crippen LogP contribution is -2.20. The summed E-state index contributed by atoms with van der Waals surface area (Å²) in [5.41, 5.74) is 0.139. The molecule has 0 fully saturated rings. The second-order valence-corrected chi connectivity index (χ2v) is 6.03. The van der Waals surface area contributed by atoms with Crippen LogP contribution in [0, 0.1) is 10.1 Å². The van der Waals surface area contributed by atoms with E-state index in [1.807, 2.05) is 0 Å². The second-order valence-electron chi connectivity index (χ2n) is 4.33. The Morgan fingerprint density at radius 3 is 2.65 bits per heavy atom. The topological polar surface area (TPSA) is 81.5 Å². The van der Waals surface area contributed by atoms with E-state index < -0.39 is 10.8 Å². The minimum Gasteiger partial charge on any atom is -0.482 e. The van der Waals surface area contributed by atoms with Gasteiger partial charge in [0.2, 0.25) is 0 Å². The normalized spacial score (nSPS) is 10.2. The van der Waals surface area contributed by atoms with E-state index in [1.54, 1.807) is 12.1 Å². The largest absolute Gasteiger partial charge is 0.482 e. The van der Waals surface area contributed by atoms with Crippen LogP contribution in [0.15, 0.2) is 40.9 Å². The quantitative estimate of drug-likeness (QED) is 0.563. The number of hydrogen-bond acceptors (Lipinski definition) is 4. The van der Waals surface area contributed by atoms with Gasteiger partial charge in [-0.3, -0.25) is 14.9 Å². The molecular weight excluding hydrogens is 411 g/mol. The van der Waals surface area contributed by atoms with Crippen LogP contribution in [0.3, 0.4) is 0 Å². The maximum Gasteiger partial charge on any atom is 0.271 e. The standard InChI is InChI=1S/C14H9BrCl2N2O4/c15-10-3-2-9(19(21)22)6-12(10)18-14(20)7-23-13-4-1-8(16)5-11(13)17/h1-6H,7H2,(H,18,20). The number of nitrogens with one attached hydrogen (secondary N) is 1. The van der Waals surface area contributed by atoms with Crippen LogP contribution in [-0.2, 0) is 4.79 Å². The molecule has 0 aliphatic carbocycles. The van der Waals surface area contributed by atoms with Gasteiger partial charge in [0.25, 0.3) is 11.6 Å². The van der Waals surface area contributed by atoms with Gasteiger partial charge in [0.1, 0.15) is 5.75 Å². The summed E-state index contributed by atoms with van der Waals surface area (Å²) in [7, 11) is 0. The minimum atomic E-state index is -0.550. The van der Waals surface area contributed by atoms with Gasteiger partial charge in [0, 0.05) is 21.6 Å². The Balaban J connectivity index is 2.02. The minimum absolute atomic E-state index is 0.134. The summed E-state index contributed by atoms with van der Waals surface area (Å²) in [6.45, 7) is -0.309. The fourth-order valence-corrected chi connectivity index (χ4v) is 2.45. The average molecular weight is 420 g/mol. The van der Waals surface area contributed by atoms with Gasteiger partial charge in [-0.25, -0.2) is 0 Å². The Morgan fingerprint density at radius 1 is 1.26 bits per heavy atom. The molecule has 0 saturated carbocycles. The van der Waals surface area contributed by atoms with E-state index in [0.717, 1.165) is 0 Å². The SMILES string of the molecule is O=C(COc1ccc(Cl)cc1Cl)Nc1cc([N+](=O)[O-])ccc1Br. The van der Waals surface area contributed by atoms with Crippen molar-refractivity contribution in [3.05, 3.63) is 61.0 Å². The fraction of sp³-hybridized carbons (Fsp3) is 0.0714. The molecule has 0 unspecified atom stereocenters. The number of nitro groups is 1. The first-order chi connectivity index (χ1) is 10.9. The van der Waals surface area contributed by atoms with Crippen LogP contribution in [0.4, 0.5) is 11.4 Å². The van der Waals surface area contributed by atoms with Gasteiger partial charge in [0.15, 0.2) is 6.61 Å². The van der Waals surface area contributed by atoms with E-state index in [0.29, 0.717) is 15.2 Å². The van der Waals surface area contributed by atoms with E-state index in [4.69, 9.17) is 27.9 Å². The molecule has 2 rings (SSSR count). The van der Waals surface area contributed by atoms with Gasteiger partial charge in [-0.05, 0) is 40.2 Å². The highest BCUT2D eigenvalue weighted by Crippen LogP contribution is 2.28.